The quantitative estimate of drug-likeness (QED) is 0.351. The molecule has 2 aromatic heterocycles. The number of nitrogens with zero attached hydrogens (tertiary/aromatic N) is 6. The lowest BCUT2D eigenvalue weighted by Gasteiger charge is -2.35. The number of rotatable bonds is 2. The maximum Gasteiger partial charge on any atom is 0.317 e. The van der Waals surface area contributed by atoms with E-state index in [1.54, 1.807) is 18.6 Å². The number of anilines is 3. The molecule has 2 amide bonds. The SMILES string of the molecule is NS(=O)(=O)NC1CC2CCNC(=O)N3CCN(CC3)Cc3cccc(c3)Nc3cc(ccn3)-c3cnc(nc3)N2C1. The summed E-state index contributed by atoms with van der Waals surface area (Å²) < 4.78 is 26.0. The van der Waals surface area contributed by atoms with E-state index in [2.05, 4.69) is 47.3 Å². The van der Waals surface area contributed by atoms with Crippen LogP contribution in [0.15, 0.2) is 55.0 Å². The standard InChI is InChI=1S/C27H34N10O3S/c28-41(39,40)34-23-14-24-5-7-30-27(38)36-10-8-35(9-11-36)17-19-2-1-3-22(12-19)33-25-13-20(4-6-29-25)21-15-31-26(32-16-21)37(24)18-23/h1-4,6,12-13,15-16,23-24,34H,5,7-11,14,17-18H2,(H,29,33)(H,30,38)(H2,28,39,40). The van der Waals surface area contributed by atoms with Crippen LogP contribution in [-0.4, -0.2) is 90.6 Å². The molecular formula is C27H34N10O3S. The summed E-state index contributed by atoms with van der Waals surface area (Å²) in [7, 11) is -3.87. The molecule has 2 atom stereocenters. The van der Waals surface area contributed by atoms with Gasteiger partial charge < -0.3 is 20.4 Å². The number of amides is 2. The van der Waals surface area contributed by atoms with E-state index in [1.165, 1.54) is 5.56 Å². The van der Waals surface area contributed by atoms with Gasteiger partial charge in [0.2, 0.25) is 5.95 Å². The molecule has 2 unspecified atom stereocenters. The van der Waals surface area contributed by atoms with Crippen molar-refractivity contribution in [2.24, 2.45) is 5.14 Å². The summed E-state index contributed by atoms with van der Waals surface area (Å²) in [4.78, 5) is 32.9. The Labute approximate surface area is 239 Å². The predicted octanol–water partition coefficient (Wildman–Crippen LogP) is 1.25. The number of hydrogen-bond acceptors (Lipinski definition) is 9. The number of nitrogens with two attached hydrogens (primary N) is 1. The second-order valence-corrected chi connectivity index (χ2v) is 12.0. The fourth-order valence-corrected chi connectivity index (χ4v) is 6.41. The molecule has 13 nitrogen and oxygen atoms in total. The highest BCUT2D eigenvalue weighted by Gasteiger charge is 2.35. The van der Waals surface area contributed by atoms with E-state index in [9.17, 15) is 13.2 Å². The van der Waals surface area contributed by atoms with Crippen LogP contribution in [0.4, 0.5) is 22.2 Å². The van der Waals surface area contributed by atoms with Gasteiger partial charge in [-0.2, -0.15) is 13.1 Å². The summed E-state index contributed by atoms with van der Waals surface area (Å²) in [6, 6.07) is 11.6. The van der Waals surface area contributed by atoms with Crippen molar-refractivity contribution >= 4 is 33.7 Å². The molecule has 0 radical (unpaired) electrons. The van der Waals surface area contributed by atoms with Crippen LogP contribution in [0.1, 0.15) is 18.4 Å². The summed E-state index contributed by atoms with van der Waals surface area (Å²) in [6.45, 7) is 4.50. The van der Waals surface area contributed by atoms with Crippen LogP contribution in [0, 0.1) is 0 Å². The first kappa shape index (κ1) is 27.3. The number of hydrogen-bond donors (Lipinski definition) is 4. The van der Waals surface area contributed by atoms with E-state index < -0.39 is 10.2 Å². The molecule has 2 saturated heterocycles. The van der Waals surface area contributed by atoms with Crippen LogP contribution in [0.5, 0.6) is 0 Å². The minimum Gasteiger partial charge on any atom is -0.340 e. The van der Waals surface area contributed by atoms with E-state index in [0.29, 0.717) is 50.8 Å². The molecule has 0 spiro atoms. The first-order valence-electron chi connectivity index (χ1n) is 13.8. The van der Waals surface area contributed by atoms with Gasteiger partial charge in [-0.15, -0.1) is 0 Å². The number of urea groups is 1. The van der Waals surface area contributed by atoms with E-state index in [1.807, 2.05) is 34.1 Å². The van der Waals surface area contributed by atoms with Crippen molar-refractivity contribution in [2.45, 2.75) is 31.5 Å². The average Bonchev–Trinajstić information content (AvgIpc) is 3.34. The number of aromatic nitrogens is 3. The maximum atomic E-state index is 12.9. The Bertz CT molecular complexity index is 1500. The van der Waals surface area contributed by atoms with Crippen LogP contribution in [-0.2, 0) is 16.8 Å². The normalized spacial score (nSPS) is 23.2. The van der Waals surface area contributed by atoms with Gasteiger partial charge in [-0.3, -0.25) is 4.90 Å². The minimum atomic E-state index is -3.87. The molecule has 2 fully saturated rings. The van der Waals surface area contributed by atoms with Crippen molar-refractivity contribution in [3.8, 4) is 11.1 Å². The highest BCUT2D eigenvalue weighted by Crippen LogP contribution is 2.28. The Balaban J connectivity index is 1.29. The van der Waals surface area contributed by atoms with Gasteiger partial charge in [0.15, 0.2) is 0 Å². The lowest BCUT2D eigenvalue weighted by atomic mass is 10.1. The molecular weight excluding hydrogens is 544 g/mol. The van der Waals surface area contributed by atoms with Crippen molar-refractivity contribution in [1.29, 1.82) is 0 Å². The second kappa shape index (κ2) is 11.6. The third-order valence-electron chi connectivity index (χ3n) is 7.75. The van der Waals surface area contributed by atoms with Crippen LogP contribution in [0.25, 0.3) is 11.1 Å². The Morgan fingerprint density at radius 1 is 1.00 bits per heavy atom. The van der Waals surface area contributed by atoms with Gasteiger partial charge in [0.05, 0.1) is 0 Å². The molecule has 41 heavy (non-hydrogen) atoms. The van der Waals surface area contributed by atoms with Crippen LogP contribution in [0.2, 0.25) is 0 Å². The first-order chi connectivity index (χ1) is 19.8. The molecule has 3 aromatic rings. The van der Waals surface area contributed by atoms with Crippen LogP contribution >= 0.6 is 0 Å². The highest BCUT2D eigenvalue weighted by molar-refractivity contribution is 7.87. The van der Waals surface area contributed by atoms with Crippen molar-refractivity contribution in [1.82, 2.24) is 34.8 Å². The minimum absolute atomic E-state index is 0.0825. The Morgan fingerprint density at radius 3 is 2.59 bits per heavy atom. The number of benzene rings is 1. The van der Waals surface area contributed by atoms with Crippen molar-refractivity contribution in [3.05, 3.63) is 60.6 Å². The monoisotopic (exact) mass is 578 g/mol. The fourth-order valence-electron chi connectivity index (χ4n) is 5.77. The summed E-state index contributed by atoms with van der Waals surface area (Å²) in [5.74, 6) is 1.20. The van der Waals surface area contributed by atoms with E-state index in [-0.39, 0.29) is 18.1 Å². The number of piperazine rings is 1. The molecule has 5 N–H and O–H groups in total. The molecule has 0 aliphatic carbocycles. The summed E-state index contributed by atoms with van der Waals surface area (Å²) in [5, 5.41) is 11.7. The summed E-state index contributed by atoms with van der Waals surface area (Å²) in [5.41, 5.74) is 3.88. The molecule has 8 bridgehead atoms. The highest BCUT2D eigenvalue weighted by atomic mass is 32.2. The number of carbonyl (C=O) groups is 1. The molecule has 0 saturated carbocycles. The zero-order chi connectivity index (χ0) is 28.4. The van der Waals surface area contributed by atoms with Gasteiger partial charge in [0.25, 0.3) is 10.2 Å². The van der Waals surface area contributed by atoms with Gasteiger partial charge in [0, 0.05) is 87.7 Å². The molecule has 9 rings (SSSR count). The van der Waals surface area contributed by atoms with Gasteiger partial charge in [0.1, 0.15) is 5.82 Å². The summed E-state index contributed by atoms with van der Waals surface area (Å²) >= 11 is 0. The van der Waals surface area contributed by atoms with Gasteiger partial charge in [-0.05, 0) is 48.2 Å². The summed E-state index contributed by atoms with van der Waals surface area (Å²) in [6.07, 6.45) is 6.39. The van der Waals surface area contributed by atoms with Gasteiger partial charge in [-0.1, -0.05) is 12.1 Å². The Kier molecular flexibility index (Phi) is 7.71. The number of carbonyl (C=O) groups excluding carboxylic acids is 1. The van der Waals surface area contributed by atoms with Crippen LogP contribution < -0.4 is 25.4 Å². The zero-order valence-corrected chi connectivity index (χ0v) is 23.4. The Morgan fingerprint density at radius 2 is 1.80 bits per heavy atom. The molecule has 14 heteroatoms. The molecule has 6 aliphatic heterocycles. The largest absolute Gasteiger partial charge is 0.340 e. The third kappa shape index (κ3) is 6.73. The molecule has 6 aliphatic rings. The lowest BCUT2D eigenvalue weighted by molar-refractivity contribution is 0.135. The average molecular weight is 579 g/mol. The van der Waals surface area contributed by atoms with E-state index >= 15 is 0 Å². The van der Waals surface area contributed by atoms with E-state index in [0.717, 1.165) is 36.4 Å². The smallest absolute Gasteiger partial charge is 0.317 e. The first-order valence-corrected chi connectivity index (χ1v) is 15.3. The molecule has 216 valence electrons. The van der Waals surface area contributed by atoms with Gasteiger partial charge in [-0.25, -0.2) is 24.9 Å². The molecule has 8 heterocycles. The second-order valence-electron chi connectivity index (χ2n) is 10.7. The van der Waals surface area contributed by atoms with Crippen molar-refractivity contribution in [3.63, 3.8) is 0 Å². The van der Waals surface area contributed by atoms with Crippen LogP contribution in [0.3, 0.4) is 0 Å². The van der Waals surface area contributed by atoms with Crippen molar-refractivity contribution < 1.29 is 13.2 Å². The topological polar surface area (TPSA) is 162 Å². The van der Waals surface area contributed by atoms with Crippen molar-refractivity contribution in [2.75, 3.05) is 49.5 Å². The Hall–Kier alpha value is -3.85. The zero-order valence-electron chi connectivity index (χ0n) is 22.6. The third-order valence-corrected chi connectivity index (χ3v) is 8.41. The lowest BCUT2D eigenvalue weighted by Crippen LogP contribution is -2.51. The van der Waals surface area contributed by atoms with E-state index in [4.69, 9.17) is 5.14 Å². The van der Waals surface area contributed by atoms with Gasteiger partial charge >= 0.3 is 6.03 Å². The fraction of sp³-hybridized carbons (Fsp3) is 0.407. The molecule has 1 aromatic carbocycles. The maximum absolute atomic E-state index is 12.9. The number of nitrogens with one attached hydrogen (secondary N) is 3. The predicted molar refractivity (Wildman–Crippen MR) is 156 cm³/mol. The number of pyridine rings is 1.